The van der Waals surface area contributed by atoms with Gasteiger partial charge in [0.1, 0.15) is 10.7 Å². The van der Waals surface area contributed by atoms with Gasteiger partial charge in [0.2, 0.25) is 0 Å². The lowest BCUT2D eigenvalue weighted by Crippen LogP contribution is -2.15. The highest BCUT2D eigenvalue weighted by Gasteiger charge is 2.26. The summed E-state index contributed by atoms with van der Waals surface area (Å²) < 4.78 is 21.3. The smallest absolute Gasteiger partial charge is 0.310 e. The van der Waals surface area contributed by atoms with Crippen molar-refractivity contribution in [3.63, 3.8) is 0 Å². The maximum Gasteiger partial charge on any atom is 0.310 e. The first-order valence-electron chi connectivity index (χ1n) is 6.99. The molecule has 110 valence electrons. The van der Waals surface area contributed by atoms with Gasteiger partial charge in [-0.15, -0.1) is 0 Å². The number of benzene rings is 1. The summed E-state index contributed by atoms with van der Waals surface area (Å²) in [5.41, 5.74) is 1.48. The summed E-state index contributed by atoms with van der Waals surface area (Å²) in [6.45, 7) is 0. The van der Waals surface area contributed by atoms with Crippen LogP contribution in [0.2, 0.25) is 0 Å². The molecule has 0 saturated heterocycles. The lowest BCUT2D eigenvalue weighted by atomic mass is 9.88. The molecule has 2 rings (SSSR count). The van der Waals surface area contributed by atoms with Gasteiger partial charge in [0.15, 0.2) is 0 Å². The zero-order valence-corrected chi connectivity index (χ0v) is 12.2. The summed E-state index contributed by atoms with van der Waals surface area (Å²) in [5.74, 6) is -0.754. The fraction of sp³-hybridized carbons (Fsp3) is 0.533. The van der Waals surface area contributed by atoms with Gasteiger partial charge < -0.3 is 5.11 Å². The molecular formula is C15H20O4S. The van der Waals surface area contributed by atoms with Crippen LogP contribution in [0.3, 0.4) is 0 Å². The minimum atomic E-state index is -2.44. The van der Waals surface area contributed by atoms with E-state index in [0.29, 0.717) is 17.9 Å². The summed E-state index contributed by atoms with van der Waals surface area (Å²) in [6, 6.07) is 6.93. The van der Waals surface area contributed by atoms with Gasteiger partial charge in [-0.05, 0) is 23.5 Å². The number of hydrogen-bond acceptors (Lipinski definition) is 3. The first kappa shape index (κ1) is 15.0. The van der Waals surface area contributed by atoms with E-state index in [1.54, 1.807) is 24.3 Å². The van der Waals surface area contributed by atoms with Crippen molar-refractivity contribution < 1.29 is 18.3 Å². The Morgan fingerprint density at radius 2 is 1.80 bits per heavy atom. The number of carboxylic acids is 1. The van der Waals surface area contributed by atoms with E-state index in [9.17, 15) is 18.3 Å². The van der Waals surface area contributed by atoms with Gasteiger partial charge >= 0.3 is 5.97 Å². The van der Waals surface area contributed by atoms with Gasteiger partial charge in [-0.2, -0.15) is 0 Å². The maximum atomic E-state index is 11.5. The Bertz CT molecular complexity index is 519. The SMILES string of the molecule is O=C(O)C(CC1CCCC1)c1ccc(C[SH](=O)=O)cc1. The lowest BCUT2D eigenvalue weighted by molar-refractivity contribution is -0.139. The van der Waals surface area contributed by atoms with E-state index >= 15 is 0 Å². The van der Waals surface area contributed by atoms with E-state index in [0.717, 1.165) is 18.4 Å². The average molecular weight is 296 g/mol. The molecule has 0 radical (unpaired) electrons. The largest absolute Gasteiger partial charge is 0.481 e. The minimum absolute atomic E-state index is 0.00990. The number of hydrogen-bond donors (Lipinski definition) is 2. The zero-order valence-electron chi connectivity index (χ0n) is 11.3. The van der Waals surface area contributed by atoms with Crippen molar-refractivity contribution in [2.24, 2.45) is 5.92 Å². The third kappa shape index (κ3) is 4.07. The van der Waals surface area contributed by atoms with Crippen LogP contribution in [0.1, 0.15) is 49.1 Å². The summed E-state index contributed by atoms with van der Waals surface area (Å²) in [7, 11) is -2.44. The zero-order chi connectivity index (χ0) is 14.5. The highest BCUT2D eigenvalue weighted by Crippen LogP contribution is 2.34. The summed E-state index contributed by atoms with van der Waals surface area (Å²) >= 11 is 0. The molecule has 1 aromatic carbocycles. The van der Waals surface area contributed by atoms with Gasteiger partial charge in [-0.1, -0.05) is 49.9 Å². The van der Waals surface area contributed by atoms with Crippen molar-refractivity contribution >= 4 is 16.7 Å². The fourth-order valence-electron chi connectivity index (χ4n) is 2.96. The van der Waals surface area contributed by atoms with Crippen molar-refractivity contribution in [1.82, 2.24) is 0 Å². The number of carboxylic acid groups (broad SMARTS) is 1. The van der Waals surface area contributed by atoms with Crippen molar-refractivity contribution in [3.8, 4) is 0 Å². The van der Waals surface area contributed by atoms with Gasteiger partial charge in [-0.3, -0.25) is 4.79 Å². The molecule has 20 heavy (non-hydrogen) atoms. The molecule has 0 spiro atoms. The molecule has 0 heterocycles. The quantitative estimate of drug-likeness (QED) is 0.791. The second-order valence-electron chi connectivity index (χ2n) is 5.51. The van der Waals surface area contributed by atoms with E-state index in [2.05, 4.69) is 0 Å². The second-order valence-corrected chi connectivity index (χ2v) is 6.49. The molecule has 1 unspecified atom stereocenters. The molecule has 1 aromatic rings. The van der Waals surface area contributed by atoms with E-state index in [1.165, 1.54) is 12.8 Å². The molecule has 4 nitrogen and oxygen atoms in total. The summed E-state index contributed by atoms with van der Waals surface area (Å²) in [6.07, 6.45) is 5.33. The monoisotopic (exact) mass is 296 g/mol. The third-order valence-electron chi connectivity index (χ3n) is 4.04. The number of thiol groups is 1. The lowest BCUT2D eigenvalue weighted by Gasteiger charge is -2.17. The van der Waals surface area contributed by atoms with Gasteiger partial charge in [0.25, 0.3) is 0 Å². The summed E-state index contributed by atoms with van der Waals surface area (Å²) in [4.78, 5) is 11.5. The molecule has 1 fully saturated rings. The Kier molecular flexibility index (Phi) is 5.17. The van der Waals surface area contributed by atoms with Crippen LogP contribution >= 0.6 is 0 Å². The highest BCUT2D eigenvalue weighted by atomic mass is 32.2. The van der Waals surface area contributed by atoms with E-state index in [1.807, 2.05) is 0 Å². The van der Waals surface area contributed by atoms with Crippen molar-refractivity contribution in [2.75, 3.05) is 0 Å². The Hall–Kier alpha value is -1.36. The van der Waals surface area contributed by atoms with Crippen LogP contribution in [0.15, 0.2) is 24.3 Å². The molecule has 1 atom stereocenters. The molecule has 1 N–H and O–H groups in total. The van der Waals surface area contributed by atoms with Crippen LogP contribution in [0.25, 0.3) is 0 Å². The van der Waals surface area contributed by atoms with Crippen LogP contribution in [-0.4, -0.2) is 19.5 Å². The van der Waals surface area contributed by atoms with Gasteiger partial charge in [-0.25, -0.2) is 8.42 Å². The van der Waals surface area contributed by atoms with Crippen LogP contribution in [0.5, 0.6) is 0 Å². The molecule has 1 aliphatic rings. The Labute approximate surface area is 120 Å². The first-order chi connectivity index (χ1) is 9.56. The van der Waals surface area contributed by atoms with Crippen LogP contribution in [-0.2, 0) is 21.3 Å². The molecule has 0 aromatic heterocycles. The van der Waals surface area contributed by atoms with Gasteiger partial charge in [0.05, 0.1) is 11.7 Å². The van der Waals surface area contributed by atoms with Crippen molar-refractivity contribution in [3.05, 3.63) is 35.4 Å². The van der Waals surface area contributed by atoms with Gasteiger partial charge in [0, 0.05) is 0 Å². The van der Waals surface area contributed by atoms with Crippen LogP contribution in [0.4, 0.5) is 0 Å². The van der Waals surface area contributed by atoms with E-state index in [-0.39, 0.29) is 5.75 Å². The molecular weight excluding hydrogens is 276 g/mol. The number of rotatable bonds is 6. The second kappa shape index (κ2) is 6.88. The normalized spacial score (nSPS) is 17.4. The van der Waals surface area contributed by atoms with Crippen LogP contribution in [0, 0.1) is 5.92 Å². The van der Waals surface area contributed by atoms with Crippen LogP contribution < -0.4 is 0 Å². The topological polar surface area (TPSA) is 71.4 Å². The molecule has 0 aliphatic heterocycles. The minimum Gasteiger partial charge on any atom is -0.481 e. The summed E-state index contributed by atoms with van der Waals surface area (Å²) in [5, 5.41) is 9.40. The van der Waals surface area contributed by atoms with Crippen molar-refractivity contribution in [1.29, 1.82) is 0 Å². The molecule has 5 heteroatoms. The number of carbonyl (C=O) groups is 1. The predicted molar refractivity (Wildman–Crippen MR) is 77.4 cm³/mol. The maximum absolute atomic E-state index is 11.5. The Morgan fingerprint density at radius 1 is 1.20 bits per heavy atom. The highest BCUT2D eigenvalue weighted by molar-refractivity contribution is 7.71. The van der Waals surface area contributed by atoms with E-state index < -0.39 is 22.6 Å². The predicted octanol–water partition coefficient (Wildman–Crippen LogP) is 2.55. The van der Waals surface area contributed by atoms with E-state index in [4.69, 9.17) is 0 Å². The third-order valence-corrected chi connectivity index (χ3v) is 4.66. The molecule has 1 saturated carbocycles. The molecule has 0 bridgehead atoms. The van der Waals surface area contributed by atoms with Crippen molar-refractivity contribution in [2.45, 2.75) is 43.8 Å². The Balaban J connectivity index is 2.10. The Morgan fingerprint density at radius 3 is 2.30 bits per heavy atom. The molecule has 1 aliphatic carbocycles. The molecule has 0 amide bonds. The standard InChI is InChI=1S/C15H20O4S/c16-15(17)14(9-11-3-1-2-4-11)13-7-5-12(6-8-13)10-20(18)19/h5-8,11,14,20H,1-4,9-10H2,(H,16,17). The fourth-order valence-corrected chi connectivity index (χ4v) is 3.47. The number of aliphatic carboxylic acids is 1. The average Bonchev–Trinajstić information content (AvgIpc) is 2.89. The first-order valence-corrected chi connectivity index (χ1v) is 8.36.